The van der Waals surface area contributed by atoms with E-state index in [9.17, 15) is 0 Å². The Kier molecular flexibility index (Phi) is 5.31. The molecule has 0 atom stereocenters. The van der Waals surface area contributed by atoms with Gasteiger partial charge in [-0.05, 0) is 30.7 Å². The molecule has 0 N–H and O–H groups in total. The highest BCUT2D eigenvalue weighted by atomic mass is 28.3. The van der Waals surface area contributed by atoms with E-state index in [-0.39, 0.29) is 0 Å². The largest absolute Gasteiger partial charge is 0.494 e. The zero-order chi connectivity index (χ0) is 12.7. The molecule has 92 valence electrons. The Morgan fingerprint density at radius 1 is 1.12 bits per heavy atom. The van der Waals surface area contributed by atoms with Crippen LogP contribution in [0.1, 0.15) is 25.3 Å². The molecule has 0 amide bonds. The molecule has 0 aliphatic rings. The molecule has 0 saturated carbocycles. The highest BCUT2D eigenvalue weighted by Gasteiger charge is 2.07. The molecule has 1 aromatic rings. The predicted octanol–water partition coefficient (Wildman–Crippen LogP) is 4.09. The van der Waals surface area contributed by atoms with E-state index in [4.69, 9.17) is 4.74 Å². The van der Waals surface area contributed by atoms with Crippen molar-refractivity contribution in [2.75, 3.05) is 6.61 Å². The molecule has 0 aliphatic carbocycles. The maximum Gasteiger partial charge on any atom is 0.129 e. The zero-order valence-corrected chi connectivity index (χ0v) is 12.3. The Morgan fingerprint density at radius 3 is 2.29 bits per heavy atom. The van der Waals surface area contributed by atoms with E-state index in [1.165, 1.54) is 6.42 Å². The van der Waals surface area contributed by atoms with Crippen molar-refractivity contribution in [1.82, 2.24) is 0 Å². The predicted molar refractivity (Wildman–Crippen MR) is 77.1 cm³/mol. The lowest BCUT2D eigenvalue weighted by Crippen LogP contribution is -2.16. The van der Waals surface area contributed by atoms with E-state index in [0.29, 0.717) is 0 Å². The van der Waals surface area contributed by atoms with Crippen LogP contribution >= 0.6 is 0 Å². The first-order valence-corrected chi connectivity index (χ1v) is 9.77. The van der Waals surface area contributed by atoms with Gasteiger partial charge in [0.05, 0.1) is 6.61 Å². The second-order valence-electron chi connectivity index (χ2n) is 5.23. The smallest absolute Gasteiger partial charge is 0.129 e. The summed E-state index contributed by atoms with van der Waals surface area (Å²) in [5.74, 6) is 4.18. The van der Waals surface area contributed by atoms with Crippen LogP contribution in [-0.4, -0.2) is 14.7 Å². The van der Waals surface area contributed by atoms with Gasteiger partial charge < -0.3 is 4.74 Å². The third-order valence-corrected chi connectivity index (χ3v) is 3.08. The highest BCUT2D eigenvalue weighted by molar-refractivity contribution is 6.83. The second-order valence-corrected chi connectivity index (χ2v) is 9.98. The summed E-state index contributed by atoms with van der Waals surface area (Å²) in [4.78, 5) is 0. The highest BCUT2D eigenvalue weighted by Crippen LogP contribution is 2.12. The van der Waals surface area contributed by atoms with Crippen LogP contribution in [0.15, 0.2) is 24.3 Å². The summed E-state index contributed by atoms with van der Waals surface area (Å²) in [6.45, 7) is 9.72. The van der Waals surface area contributed by atoms with E-state index in [1.54, 1.807) is 0 Å². The molecule has 2 heteroatoms. The Hall–Kier alpha value is -1.20. The van der Waals surface area contributed by atoms with Crippen LogP contribution in [0, 0.1) is 11.5 Å². The minimum absolute atomic E-state index is 0.802. The van der Waals surface area contributed by atoms with Crippen molar-refractivity contribution in [1.29, 1.82) is 0 Å². The molecule has 0 aliphatic heterocycles. The van der Waals surface area contributed by atoms with E-state index in [0.717, 1.165) is 24.3 Å². The van der Waals surface area contributed by atoms with Gasteiger partial charge >= 0.3 is 0 Å². The summed E-state index contributed by atoms with van der Waals surface area (Å²) in [6, 6.07) is 8.08. The summed E-state index contributed by atoms with van der Waals surface area (Å²) in [5.41, 5.74) is 4.44. The van der Waals surface area contributed by atoms with Gasteiger partial charge in [0.25, 0.3) is 0 Å². The average Bonchev–Trinajstić information content (AvgIpc) is 2.27. The Morgan fingerprint density at radius 2 is 1.76 bits per heavy atom. The van der Waals surface area contributed by atoms with Gasteiger partial charge in [0, 0.05) is 5.56 Å². The molecule has 1 aromatic carbocycles. The average molecular weight is 246 g/mol. The van der Waals surface area contributed by atoms with Crippen LogP contribution in [0.5, 0.6) is 5.75 Å². The molecule has 0 radical (unpaired) electrons. The lowest BCUT2D eigenvalue weighted by atomic mass is 10.2. The van der Waals surface area contributed by atoms with Crippen molar-refractivity contribution >= 4 is 8.07 Å². The number of hydrogen-bond donors (Lipinski definition) is 0. The van der Waals surface area contributed by atoms with Crippen molar-refractivity contribution in [2.45, 2.75) is 39.4 Å². The van der Waals surface area contributed by atoms with Crippen LogP contribution in [0.2, 0.25) is 19.6 Å². The minimum atomic E-state index is -1.27. The Bertz CT molecular complexity index is 390. The molecule has 0 heterocycles. The van der Waals surface area contributed by atoms with Crippen LogP contribution in [0.4, 0.5) is 0 Å². The lowest BCUT2D eigenvalue weighted by molar-refractivity contribution is 0.309. The van der Waals surface area contributed by atoms with Crippen LogP contribution < -0.4 is 4.74 Å². The fourth-order valence-corrected chi connectivity index (χ4v) is 1.75. The molecular weight excluding hydrogens is 224 g/mol. The summed E-state index contributed by atoms with van der Waals surface area (Å²) in [7, 11) is -1.27. The van der Waals surface area contributed by atoms with Crippen molar-refractivity contribution in [2.24, 2.45) is 0 Å². The second kappa shape index (κ2) is 6.51. The molecular formula is C15H22OSi. The normalized spacial score (nSPS) is 10.6. The van der Waals surface area contributed by atoms with Crippen molar-refractivity contribution in [3.05, 3.63) is 29.8 Å². The number of rotatable bonds is 4. The van der Waals surface area contributed by atoms with E-state index < -0.39 is 8.07 Å². The number of unbranched alkanes of at least 4 members (excludes halogenated alkanes) is 1. The quantitative estimate of drug-likeness (QED) is 0.441. The van der Waals surface area contributed by atoms with E-state index in [1.807, 2.05) is 24.3 Å². The molecule has 17 heavy (non-hydrogen) atoms. The zero-order valence-electron chi connectivity index (χ0n) is 11.3. The summed E-state index contributed by atoms with van der Waals surface area (Å²) in [5, 5.41) is 0. The van der Waals surface area contributed by atoms with Gasteiger partial charge in [-0.1, -0.05) is 38.9 Å². The van der Waals surface area contributed by atoms with Gasteiger partial charge in [0.15, 0.2) is 0 Å². The standard InChI is InChI=1S/C15H22OSi/c1-5-6-12-16-15-9-7-14(8-10-15)11-13-17(2,3)4/h7-10H,5-6,12H2,1-4H3. The van der Waals surface area contributed by atoms with Crippen LogP contribution in [-0.2, 0) is 0 Å². The molecule has 0 spiro atoms. The van der Waals surface area contributed by atoms with Gasteiger partial charge in [-0.3, -0.25) is 0 Å². The van der Waals surface area contributed by atoms with Gasteiger partial charge in [0.2, 0.25) is 0 Å². The molecule has 0 fully saturated rings. The molecule has 1 rings (SSSR count). The fourth-order valence-electron chi connectivity index (χ4n) is 1.23. The fraction of sp³-hybridized carbons (Fsp3) is 0.467. The van der Waals surface area contributed by atoms with Crippen molar-refractivity contribution in [3.63, 3.8) is 0 Å². The SMILES string of the molecule is CCCCOc1ccc(C#C[Si](C)(C)C)cc1. The Balaban J connectivity index is 2.58. The third-order valence-electron chi connectivity index (χ3n) is 2.20. The summed E-state index contributed by atoms with van der Waals surface area (Å²) < 4.78 is 5.61. The summed E-state index contributed by atoms with van der Waals surface area (Å²) in [6.07, 6.45) is 2.27. The van der Waals surface area contributed by atoms with Crippen LogP contribution in [0.25, 0.3) is 0 Å². The molecule has 0 saturated heterocycles. The number of benzene rings is 1. The van der Waals surface area contributed by atoms with Crippen LogP contribution in [0.3, 0.4) is 0 Å². The Labute approximate surface area is 106 Å². The van der Waals surface area contributed by atoms with E-state index >= 15 is 0 Å². The molecule has 1 nitrogen and oxygen atoms in total. The van der Waals surface area contributed by atoms with Crippen molar-refractivity contribution < 1.29 is 4.74 Å². The summed E-state index contributed by atoms with van der Waals surface area (Å²) >= 11 is 0. The van der Waals surface area contributed by atoms with Gasteiger partial charge in [-0.15, -0.1) is 5.54 Å². The van der Waals surface area contributed by atoms with E-state index in [2.05, 4.69) is 38.0 Å². The van der Waals surface area contributed by atoms with Gasteiger partial charge in [0.1, 0.15) is 13.8 Å². The molecule has 0 aromatic heterocycles. The molecule has 0 bridgehead atoms. The minimum Gasteiger partial charge on any atom is -0.494 e. The van der Waals surface area contributed by atoms with Crippen molar-refractivity contribution in [3.8, 4) is 17.2 Å². The molecule has 0 unspecified atom stereocenters. The first-order chi connectivity index (χ1) is 8.01. The first-order valence-electron chi connectivity index (χ1n) is 6.27. The number of ether oxygens (including phenoxy) is 1. The lowest BCUT2D eigenvalue weighted by Gasteiger charge is -2.05. The van der Waals surface area contributed by atoms with Gasteiger partial charge in [-0.25, -0.2) is 0 Å². The maximum absolute atomic E-state index is 5.61. The first kappa shape index (κ1) is 13.9. The number of hydrogen-bond acceptors (Lipinski definition) is 1. The van der Waals surface area contributed by atoms with Gasteiger partial charge in [-0.2, -0.15) is 0 Å². The topological polar surface area (TPSA) is 9.23 Å². The monoisotopic (exact) mass is 246 g/mol. The maximum atomic E-state index is 5.61. The third kappa shape index (κ3) is 6.18.